The Morgan fingerprint density at radius 3 is 2.24 bits per heavy atom. The summed E-state index contributed by atoms with van der Waals surface area (Å²) in [5.74, 6) is -13.6. The van der Waals surface area contributed by atoms with Gasteiger partial charge in [-0.15, -0.1) is 5.10 Å². The summed E-state index contributed by atoms with van der Waals surface area (Å²) >= 11 is 0. The first-order valence-corrected chi connectivity index (χ1v) is 9.09. The Balaban J connectivity index is 1.83. The van der Waals surface area contributed by atoms with E-state index in [1.807, 2.05) is 0 Å². The van der Waals surface area contributed by atoms with E-state index >= 15 is 0 Å². The van der Waals surface area contributed by atoms with Gasteiger partial charge in [0.2, 0.25) is 0 Å². The first-order chi connectivity index (χ1) is 15.3. The summed E-state index contributed by atoms with van der Waals surface area (Å²) < 4.78 is 95.0. The second-order valence-electron chi connectivity index (χ2n) is 6.78. The van der Waals surface area contributed by atoms with Crippen LogP contribution >= 0.6 is 0 Å². The number of hydrogen-bond donors (Lipinski definition) is 1. The van der Waals surface area contributed by atoms with Gasteiger partial charge in [-0.05, 0) is 23.8 Å². The lowest BCUT2D eigenvalue weighted by atomic mass is 10.1. The third kappa shape index (κ3) is 4.97. The molecule has 1 N–H and O–H groups in total. The summed E-state index contributed by atoms with van der Waals surface area (Å²) in [4.78, 5) is 15.3. The van der Waals surface area contributed by atoms with Crippen molar-refractivity contribution >= 4 is 5.97 Å². The number of nitrogens with zero attached hydrogens (tertiary/aromatic N) is 3. The van der Waals surface area contributed by atoms with E-state index in [0.29, 0.717) is 5.69 Å². The smallest absolute Gasteiger partial charge is 0.459 e. The van der Waals surface area contributed by atoms with Crippen LogP contribution < -0.4 is 0 Å². The highest BCUT2D eigenvalue weighted by atomic mass is 19.4. The van der Waals surface area contributed by atoms with Gasteiger partial charge < -0.3 is 9.84 Å². The van der Waals surface area contributed by atoms with Gasteiger partial charge >= 0.3 is 24.0 Å². The fourth-order valence-corrected chi connectivity index (χ4v) is 2.73. The highest BCUT2D eigenvalue weighted by Crippen LogP contribution is 2.46. The molecule has 3 rings (SSSR count). The molecule has 0 aliphatic carbocycles. The molecule has 0 fully saturated rings. The van der Waals surface area contributed by atoms with Gasteiger partial charge in [0, 0.05) is 5.56 Å². The number of halogens is 7. The Morgan fingerprint density at radius 2 is 1.64 bits per heavy atom. The maximum Gasteiger partial charge on any atom is 0.459 e. The van der Waals surface area contributed by atoms with Gasteiger partial charge in [0.1, 0.15) is 6.61 Å². The molecule has 2 aromatic carbocycles. The van der Waals surface area contributed by atoms with Gasteiger partial charge in [-0.1, -0.05) is 36.4 Å². The van der Waals surface area contributed by atoms with Gasteiger partial charge in [0.25, 0.3) is 5.82 Å². The fraction of sp³-hybridized carbons (Fsp3) is 0.250. The van der Waals surface area contributed by atoms with E-state index < -0.39 is 43.0 Å². The van der Waals surface area contributed by atoms with Crippen molar-refractivity contribution in [2.75, 3.05) is 6.61 Å². The molecule has 0 unspecified atom stereocenters. The number of benzene rings is 2. The van der Waals surface area contributed by atoms with Crippen LogP contribution in [0, 0.1) is 0 Å². The van der Waals surface area contributed by atoms with Crippen molar-refractivity contribution in [1.82, 2.24) is 14.8 Å². The molecular weight excluding hydrogens is 463 g/mol. The lowest BCUT2D eigenvalue weighted by Crippen LogP contribution is -2.54. The molecule has 0 amide bonds. The number of ether oxygens (including phenoxy) is 1. The van der Waals surface area contributed by atoms with E-state index in [0.717, 1.165) is 0 Å². The van der Waals surface area contributed by atoms with Crippen molar-refractivity contribution in [3.05, 3.63) is 66.0 Å². The maximum atomic E-state index is 13.4. The average Bonchev–Trinajstić information content (AvgIpc) is 3.19. The van der Waals surface area contributed by atoms with Crippen LogP contribution in [0.3, 0.4) is 0 Å². The molecule has 176 valence electrons. The maximum absolute atomic E-state index is 13.4. The van der Waals surface area contributed by atoms with Crippen molar-refractivity contribution in [1.29, 1.82) is 0 Å². The van der Waals surface area contributed by atoms with Crippen LogP contribution in [-0.4, -0.2) is 50.5 Å². The molecular formula is C20H14F7N3O3. The van der Waals surface area contributed by atoms with E-state index in [1.54, 1.807) is 30.3 Å². The Labute approximate surface area is 181 Å². The largest absolute Gasteiger partial charge is 0.475 e. The minimum Gasteiger partial charge on any atom is -0.475 e. The first kappa shape index (κ1) is 24.2. The van der Waals surface area contributed by atoms with Crippen LogP contribution in [0.4, 0.5) is 30.7 Å². The molecule has 0 saturated carbocycles. The number of carbonyl (C=O) groups is 1. The number of hydrogen-bond acceptors (Lipinski definition) is 4. The number of rotatable bonds is 8. The highest BCUT2D eigenvalue weighted by molar-refractivity contribution is 5.84. The lowest BCUT2D eigenvalue weighted by molar-refractivity contribution is -0.361. The SMILES string of the molecule is O=C(O)c1nc(-c2cccc(COCC(F)(F)C(F)(F)C(F)(F)F)c2)n(-c2ccccc2)n1. The summed E-state index contributed by atoms with van der Waals surface area (Å²) in [7, 11) is 0. The van der Waals surface area contributed by atoms with Gasteiger partial charge in [-0.3, -0.25) is 0 Å². The summed E-state index contributed by atoms with van der Waals surface area (Å²) in [6.45, 7) is -2.89. The van der Waals surface area contributed by atoms with E-state index in [2.05, 4.69) is 14.8 Å². The molecule has 0 spiro atoms. The molecule has 0 atom stereocenters. The number of carboxylic acid groups (broad SMARTS) is 1. The molecule has 0 radical (unpaired) electrons. The van der Waals surface area contributed by atoms with Crippen molar-refractivity contribution in [2.45, 2.75) is 24.6 Å². The molecule has 0 aliphatic rings. The monoisotopic (exact) mass is 477 g/mol. The Kier molecular flexibility index (Phi) is 6.45. The van der Waals surface area contributed by atoms with Gasteiger partial charge in [-0.25, -0.2) is 14.5 Å². The number of aromatic carboxylic acids is 1. The predicted octanol–water partition coefficient (Wildman–Crippen LogP) is 4.98. The Bertz CT molecular complexity index is 1130. The minimum absolute atomic E-state index is 0.0642. The molecule has 3 aromatic rings. The van der Waals surface area contributed by atoms with E-state index in [9.17, 15) is 40.6 Å². The lowest BCUT2D eigenvalue weighted by Gasteiger charge is -2.27. The zero-order valence-corrected chi connectivity index (χ0v) is 16.4. The molecule has 0 aliphatic heterocycles. The molecule has 6 nitrogen and oxygen atoms in total. The van der Waals surface area contributed by atoms with Crippen molar-refractivity contribution in [3.8, 4) is 17.1 Å². The first-order valence-electron chi connectivity index (χ1n) is 9.09. The fourth-order valence-electron chi connectivity index (χ4n) is 2.73. The number of para-hydroxylation sites is 1. The van der Waals surface area contributed by atoms with Crippen molar-refractivity contribution in [2.24, 2.45) is 0 Å². The van der Waals surface area contributed by atoms with Crippen LogP contribution in [0.15, 0.2) is 54.6 Å². The minimum atomic E-state index is -6.44. The zero-order chi connectivity index (χ0) is 24.4. The normalized spacial score (nSPS) is 12.7. The number of aromatic nitrogens is 3. The molecule has 13 heteroatoms. The second kappa shape index (κ2) is 8.81. The number of alkyl halides is 7. The third-order valence-electron chi connectivity index (χ3n) is 4.35. The topological polar surface area (TPSA) is 77.2 Å². The van der Waals surface area contributed by atoms with Gasteiger partial charge in [-0.2, -0.15) is 30.7 Å². The van der Waals surface area contributed by atoms with Crippen molar-refractivity contribution in [3.63, 3.8) is 0 Å². The molecule has 1 aromatic heterocycles. The van der Waals surface area contributed by atoms with Crippen molar-refractivity contribution < 1.29 is 45.4 Å². The standard InChI is InChI=1S/C20H14F7N3O3/c21-18(22,19(23,24)20(25,26)27)11-33-10-12-5-4-6-13(9-12)16-28-15(17(31)32)29-30(16)14-7-2-1-3-8-14/h1-9H,10-11H2,(H,31,32). The highest BCUT2D eigenvalue weighted by Gasteiger charge is 2.72. The molecule has 0 bridgehead atoms. The second-order valence-corrected chi connectivity index (χ2v) is 6.78. The Morgan fingerprint density at radius 1 is 0.970 bits per heavy atom. The number of carboxylic acids is 1. The predicted molar refractivity (Wildman–Crippen MR) is 99.4 cm³/mol. The van der Waals surface area contributed by atoms with Crippen LogP contribution in [-0.2, 0) is 11.3 Å². The van der Waals surface area contributed by atoms with Gasteiger partial charge in [0.05, 0.1) is 12.3 Å². The third-order valence-corrected chi connectivity index (χ3v) is 4.35. The van der Waals surface area contributed by atoms with Gasteiger partial charge in [0.15, 0.2) is 5.82 Å². The quantitative estimate of drug-likeness (QED) is 0.463. The van der Waals surface area contributed by atoms with E-state index in [1.165, 1.54) is 28.9 Å². The van der Waals surface area contributed by atoms with Crippen LogP contribution in [0.25, 0.3) is 17.1 Å². The molecule has 0 saturated heterocycles. The van der Waals surface area contributed by atoms with Crippen LogP contribution in [0.1, 0.15) is 16.2 Å². The van der Waals surface area contributed by atoms with E-state index in [-0.39, 0.29) is 17.0 Å². The summed E-state index contributed by atoms with van der Waals surface area (Å²) in [6.07, 6.45) is -6.44. The molecule has 1 heterocycles. The zero-order valence-electron chi connectivity index (χ0n) is 16.4. The Hall–Kier alpha value is -3.48. The van der Waals surface area contributed by atoms with Crippen LogP contribution in [0.5, 0.6) is 0 Å². The summed E-state index contributed by atoms with van der Waals surface area (Å²) in [5, 5.41) is 13.1. The van der Waals surface area contributed by atoms with E-state index in [4.69, 9.17) is 0 Å². The molecule has 33 heavy (non-hydrogen) atoms. The average molecular weight is 477 g/mol. The summed E-state index contributed by atoms with van der Waals surface area (Å²) in [6, 6.07) is 13.9. The summed E-state index contributed by atoms with van der Waals surface area (Å²) in [5.41, 5.74) is 0.869. The van der Waals surface area contributed by atoms with Crippen LogP contribution in [0.2, 0.25) is 0 Å².